The number of hydrogen-bond acceptors (Lipinski definition) is 2. The fourth-order valence-electron chi connectivity index (χ4n) is 1.41. The molecule has 1 aliphatic heterocycles. The Morgan fingerprint density at radius 2 is 2.42 bits per heavy atom. The third kappa shape index (κ3) is 2.35. The molecule has 1 fully saturated rings. The van der Waals surface area contributed by atoms with E-state index in [1.165, 1.54) is 0 Å². The van der Waals surface area contributed by atoms with Gasteiger partial charge in [-0.1, -0.05) is 0 Å². The Balaban J connectivity index is 2.46. The second kappa shape index (κ2) is 4.10. The average Bonchev–Trinajstić information content (AvgIpc) is 2.03. The molecule has 4 heteroatoms. The molecule has 1 aliphatic rings. The highest BCUT2D eigenvalue weighted by Crippen LogP contribution is 2.15. The van der Waals surface area contributed by atoms with Crippen LogP contribution >= 0.6 is 11.6 Å². The third-order valence-corrected chi connectivity index (χ3v) is 2.42. The number of amides is 1. The molecule has 0 aliphatic carbocycles. The summed E-state index contributed by atoms with van der Waals surface area (Å²) in [7, 11) is 0. The van der Waals surface area contributed by atoms with Gasteiger partial charge in [0.25, 0.3) is 0 Å². The number of likely N-dealkylation sites (tertiary alicyclic amines) is 1. The van der Waals surface area contributed by atoms with Crippen molar-refractivity contribution in [1.82, 2.24) is 4.90 Å². The van der Waals surface area contributed by atoms with E-state index in [0.29, 0.717) is 6.54 Å². The molecule has 2 N–H and O–H groups in total. The first-order chi connectivity index (χ1) is 5.61. The van der Waals surface area contributed by atoms with Crippen LogP contribution in [0.5, 0.6) is 0 Å². The summed E-state index contributed by atoms with van der Waals surface area (Å²) < 4.78 is 0. The molecular weight excluding hydrogens is 176 g/mol. The minimum absolute atomic E-state index is 0.0142. The fourth-order valence-corrected chi connectivity index (χ4v) is 1.73. The summed E-state index contributed by atoms with van der Waals surface area (Å²) >= 11 is 5.93. The van der Waals surface area contributed by atoms with Crippen molar-refractivity contribution in [1.29, 1.82) is 0 Å². The minimum atomic E-state index is -0.396. The lowest BCUT2D eigenvalue weighted by atomic mass is 10.1. The van der Waals surface area contributed by atoms with Gasteiger partial charge < -0.3 is 10.6 Å². The van der Waals surface area contributed by atoms with Crippen LogP contribution in [0.4, 0.5) is 0 Å². The highest BCUT2D eigenvalue weighted by Gasteiger charge is 2.23. The Hall–Kier alpha value is -0.280. The van der Waals surface area contributed by atoms with E-state index in [2.05, 4.69) is 0 Å². The van der Waals surface area contributed by atoms with Gasteiger partial charge in [-0.15, -0.1) is 11.6 Å². The molecule has 1 rings (SSSR count). The number of piperidine rings is 1. The highest BCUT2D eigenvalue weighted by molar-refractivity contribution is 6.20. The molecular formula is C8H15ClN2O. The minimum Gasteiger partial charge on any atom is -0.340 e. The van der Waals surface area contributed by atoms with E-state index < -0.39 is 6.04 Å². The Morgan fingerprint density at radius 3 is 2.92 bits per heavy atom. The van der Waals surface area contributed by atoms with Crippen LogP contribution in [0.2, 0.25) is 0 Å². The summed E-state index contributed by atoms with van der Waals surface area (Å²) in [6, 6.07) is -0.396. The van der Waals surface area contributed by atoms with Crippen molar-refractivity contribution in [2.45, 2.75) is 31.2 Å². The lowest BCUT2D eigenvalue weighted by Crippen LogP contribution is -2.47. The maximum absolute atomic E-state index is 11.4. The van der Waals surface area contributed by atoms with Crippen LogP contribution in [0.1, 0.15) is 19.8 Å². The van der Waals surface area contributed by atoms with Crippen LogP contribution < -0.4 is 5.73 Å². The maximum atomic E-state index is 11.4. The molecule has 2 atom stereocenters. The smallest absolute Gasteiger partial charge is 0.239 e. The molecule has 1 heterocycles. The number of carbonyl (C=O) groups is 1. The summed E-state index contributed by atoms with van der Waals surface area (Å²) in [5.41, 5.74) is 5.48. The first-order valence-corrected chi connectivity index (χ1v) is 4.73. The van der Waals surface area contributed by atoms with Crippen molar-refractivity contribution in [2.75, 3.05) is 13.1 Å². The van der Waals surface area contributed by atoms with Crippen LogP contribution in [-0.2, 0) is 4.79 Å². The molecule has 0 spiro atoms. The van der Waals surface area contributed by atoms with Gasteiger partial charge in [0, 0.05) is 13.1 Å². The zero-order valence-electron chi connectivity index (χ0n) is 7.29. The Bertz CT molecular complexity index is 172. The molecule has 70 valence electrons. The second-order valence-electron chi connectivity index (χ2n) is 3.31. The van der Waals surface area contributed by atoms with Crippen molar-refractivity contribution >= 4 is 17.5 Å². The van der Waals surface area contributed by atoms with Gasteiger partial charge in [0.15, 0.2) is 0 Å². The molecule has 0 radical (unpaired) electrons. The van der Waals surface area contributed by atoms with Crippen LogP contribution in [0.25, 0.3) is 0 Å². The molecule has 0 unspecified atom stereocenters. The lowest BCUT2D eigenvalue weighted by molar-refractivity contribution is -0.132. The topological polar surface area (TPSA) is 46.3 Å². The molecule has 3 nitrogen and oxygen atoms in total. The van der Waals surface area contributed by atoms with E-state index in [1.54, 1.807) is 11.8 Å². The molecule has 1 saturated heterocycles. The summed E-state index contributed by atoms with van der Waals surface area (Å²) in [6.07, 6.45) is 2.00. The predicted octanol–water partition coefficient (Wildman–Crippen LogP) is 0.563. The zero-order chi connectivity index (χ0) is 9.14. The van der Waals surface area contributed by atoms with Gasteiger partial charge in [-0.05, 0) is 19.8 Å². The van der Waals surface area contributed by atoms with E-state index in [0.717, 1.165) is 19.4 Å². The number of nitrogens with zero attached hydrogens (tertiary/aromatic N) is 1. The number of halogens is 1. The van der Waals surface area contributed by atoms with Crippen LogP contribution in [0, 0.1) is 0 Å². The fraction of sp³-hybridized carbons (Fsp3) is 0.875. The number of alkyl halides is 1. The highest BCUT2D eigenvalue weighted by atomic mass is 35.5. The number of rotatable bonds is 1. The standard InChI is InChI=1S/C8H15ClN2O/c1-6(10)8(12)11-4-2-3-7(9)5-11/h6-7H,2-5,10H2,1H3/t6-,7+/m0/s1. The van der Waals surface area contributed by atoms with Crippen molar-refractivity contribution in [2.24, 2.45) is 5.73 Å². The van der Waals surface area contributed by atoms with Crippen LogP contribution in [0.15, 0.2) is 0 Å². The van der Waals surface area contributed by atoms with Gasteiger partial charge in [0.1, 0.15) is 0 Å². The van der Waals surface area contributed by atoms with Gasteiger partial charge in [0.05, 0.1) is 11.4 Å². The van der Waals surface area contributed by atoms with E-state index in [-0.39, 0.29) is 11.3 Å². The quantitative estimate of drug-likeness (QED) is 0.615. The first kappa shape index (κ1) is 9.81. The molecule has 0 aromatic heterocycles. The van der Waals surface area contributed by atoms with E-state index in [9.17, 15) is 4.79 Å². The average molecular weight is 191 g/mol. The van der Waals surface area contributed by atoms with Crippen molar-refractivity contribution in [3.63, 3.8) is 0 Å². The Labute approximate surface area is 77.9 Å². The summed E-state index contributed by atoms with van der Waals surface area (Å²) in [5, 5.41) is 0.112. The van der Waals surface area contributed by atoms with Crippen LogP contribution in [-0.4, -0.2) is 35.3 Å². The molecule has 0 saturated carbocycles. The number of hydrogen-bond donors (Lipinski definition) is 1. The SMILES string of the molecule is C[C@H](N)C(=O)N1CCC[C@@H](Cl)C1. The molecule has 0 aromatic rings. The Morgan fingerprint density at radius 1 is 1.75 bits per heavy atom. The first-order valence-electron chi connectivity index (χ1n) is 4.29. The van der Waals surface area contributed by atoms with Crippen molar-refractivity contribution in [3.8, 4) is 0 Å². The molecule has 1 amide bonds. The molecule has 0 aromatic carbocycles. The molecule has 0 bridgehead atoms. The maximum Gasteiger partial charge on any atom is 0.239 e. The van der Waals surface area contributed by atoms with Gasteiger partial charge in [-0.25, -0.2) is 0 Å². The summed E-state index contributed by atoms with van der Waals surface area (Å²) in [4.78, 5) is 13.1. The van der Waals surface area contributed by atoms with Gasteiger partial charge in [0.2, 0.25) is 5.91 Å². The third-order valence-electron chi connectivity index (χ3n) is 2.07. The zero-order valence-corrected chi connectivity index (χ0v) is 8.05. The lowest BCUT2D eigenvalue weighted by Gasteiger charge is -2.30. The van der Waals surface area contributed by atoms with E-state index >= 15 is 0 Å². The normalized spacial score (nSPS) is 26.9. The predicted molar refractivity (Wildman–Crippen MR) is 49.1 cm³/mol. The van der Waals surface area contributed by atoms with Gasteiger partial charge in [-0.3, -0.25) is 4.79 Å². The van der Waals surface area contributed by atoms with Crippen molar-refractivity contribution < 1.29 is 4.79 Å². The Kier molecular flexibility index (Phi) is 3.35. The largest absolute Gasteiger partial charge is 0.340 e. The van der Waals surface area contributed by atoms with Crippen LogP contribution in [0.3, 0.4) is 0 Å². The van der Waals surface area contributed by atoms with Gasteiger partial charge >= 0.3 is 0 Å². The number of nitrogens with two attached hydrogens (primary N) is 1. The van der Waals surface area contributed by atoms with E-state index in [4.69, 9.17) is 17.3 Å². The monoisotopic (exact) mass is 190 g/mol. The van der Waals surface area contributed by atoms with Crippen molar-refractivity contribution in [3.05, 3.63) is 0 Å². The summed E-state index contributed by atoms with van der Waals surface area (Å²) in [5.74, 6) is 0.0142. The number of carbonyl (C=O) groups excluding carboxylic acids is 1. The summed E-state index contributed by atoms with van der Waals surface area (Å²) in [6.45, 7) is 3.17. The van der Waals surface area contributed by atoms with E-state index in [1.807, 2.05) is 0 Å². The van der Waals surface area contributed by atoms with Gasteiger partial charge in [-0.2, -0.15) is 0 Å². The molecule has 12 heavy (non-hydrogen) atoms. The second-order valence-corrected chi connectivity index (χ2v) is 3.93.